The normalized spacial score (nSPS) is 20.0. The summed E-state index contributed by atoms with van der Waals surface area (Å²) in [6.45, 7) is 11.4. The molecule has 1 aliphatic rings. The number of hydrogen-bond donors (Lipinski definition) is 1. The van der Waals surface area contributed by atoms with Crippen LogP contribution in [0.15, 0.2) is 24.3 Å². The maximum Gasteiger partial charge on any atom is 0.0722 e. The van der Waals surface area contributed by atoms with Crippen LogP contribution in [0.5, 0.6) is 0 Å². The molecule has 19 heavy (non-hydrogen) atoms. The van der Waals surface area contributed by atoms with E-state index in [1.165, 1.54) is 11.3 Å². The second kappa shape index (κ2) is 6.92. The third-order valence-corrected chi connectivity index (χ3v) is 3.42. The summed E-state index contributed by atoms with van der Waals surface area (Å²) in [5.74, 6) is 0.703. The lowest BCUT2D eigenvalue weighted by Crippen LogP contribution is -2.41. The van der Waals surface area contributed by atoms with Gasteiger partial charge in [-0.2, -0.15) is 0 Å². The summed E-state index contributed by atoms with van der Waals surface area (Å²) in [6, 6.07) is 8.90. The number of anilines is 1. The highest BCUT2D eigenvalue weighted by atomic mass is 16.5. The maximum atomic E-state index is 5.58. The van der Waals surface area contributed by atoms with Crippen LogP contribution in [0, 0.1) is 5.92 Å². The largest absolute Gasteiger partial charge is 0.375 e. The van der Waals surface area contributed by atoms with E-state index in [-0.39, 0.29) is 0 Å². The minimum atomic E-state index is 0.334. The van der Waals surface area contributed by atoms with E-state index in [0.29, 0.717) is 12.0 Å². The third-order valence-electron chi connectivity index (χ3n) is 3.42. The molecular formula is C16H26N2O. The number of nitrogens with zero attached hydrogens (tertiary/aromatic N) is 1. The molecule has 0 aromatic heterocycles. The van der Waals surface area contributed by atoms with Crippen molar-refractivity contribution in [3.63, 3.8) is 0 Å². The van der Waals surface area contributed by atoms with Crippen molar-refractivity contribution in [2.75, 3.05) is 31.1 Å². The van der Waals surface area contributed by atoms with Gasteiger partial charge in [0, 0.05) is 25.3 Å². The van der Waals surface area contributed by atoms with Gasteiger partial charge in [0.25, 0.3) is 0 Å². The number of nitrogens with one attached hydrogen (secondary N) is 1. The quantitative estimate of drug-likeness (QED) is 0.883. The second-order valence-corrected chi connectivity index (χ2v) is 5.82. The molecular weight excluding hydrogens is 236 g/mol. The van der Waals surface area contributed by atoms with Crippen LogP contribution < -0.4 is 10.2 Å². The molecule has 106 valence electrons. The van der Waals surface area contributed by atoms with Crippen molar-refractivity contribution in [1.82, 2.24) is 5.32 Å². The fraction of sp³-hybridized carbons (Fsp3) is 0.625. The van der Waals surface area contributed by atoms with E-state index < -0.39 is 0 Å². The first kappa shape index (κ1) is 14.4. The molecule has 2 rings (SSSR count). The molecule has 1 heterocycles. The zero-order chi connectivity index (χ0) is 13.7. The molecule has 1 N–H and O–H groups in total. The fourth-order valence-corrected chi connectivity index (χ4v) is 2.38. The van der Waals surface area contributed by atoms with E-state index >= 15 is 0 Å². The summed E-state index contributed by atoms with van der Waals surface area (Å²) in [5, 5.41) is 3.47. The third kappa shape index (κ3) is 4.51. The van der Waals surface area contributed by atoms with Crippen molar-refractivity contribution in [3.8, 4) is 0 Å². The molecule has 1 unspecified atom stereocenters. The molecule has 1 fully saturated rings. The van der Waals surface area contributed by atoms with Crippen molar-refractivity contribution < 1.29 is 4.74 Å². The predicted molar refractivity (Wildman–Crippen MR) is 80.6 cm³/mol. The van der Waals surface area contributed by atoms with Crippen LogP contribution in [-0.2, 0) is 11.3 Å². The standard InChI is InChI=1S/C16H26N2O/c1-13(2)10-17-11-15-4-6-16(7-5-15)18-8-9-19-14(3)12-18/h4-7,13-14,17H,8-12H2,1-3H3. The zero-order valence-corrected chi connectivity index (χ0v) is 12.4. The lowest BCUT2D eigenvalue weighted by molar-refractivity contribution is 0.0532. The molecule has 3 heteroatoms. The van der Waals surface area contributed by atoms with Crippen molar-refractivity contribution in [3.05, 3.63) is 29.8 Å². The summed E-state index contributed by atoms with van der Waals surface area (Å²) >= 11 is 0. The van der Waals surface area contributed by atoms with E-state index in [2.05, 4.69) is 55.3 Å². The average molecular weight is 262 g/mol. The van der Waals surface area contributed by atoms with E-state index in [0.717, 1.165) is 32.8 Å². The van der Waals surface area contributed by atoms with Gasteiger partial charge in [-0.1, -0.05) is 26.0 Å². The Labute approximate surface area is 116 Å². The van der Waals surface area contributed by atoms with E-state index in [4.69, 9.17) is 4.74 Å². The summed E-state index contributed by atoms with van der Waals surface area (Å²) in [4.78, 5) is 2.40. The highest BCUT2D eigenvalue weighted by molar-refractivity contribution is 5.48. The molecule has 1 atom stereocenters. The van der Waals surface area contributed by atoms with Gasteiger partial charge in [-0.25, -0.2) is 0 Å². The minimum Gasteiger partial charge on any atom is -0.375 e. The first-order valence-electron chi connectivity index (χ1n) is 7.31. The van der Waals surface area contributed by atoms with Gasteiger partial charge in [0.15, 0.2) is 0 Å². The molecule has 3 nitrogen and oxygen atoms in total. The van der Waals surface area contributed by atoms with Crippen molar-refractivity contribution in [2.45, 2.75) is 33.4 Å². The van der Waals surface area contributed by atoms with Gasteiger partial charge in [-0.05, 0) is 37.1 Å². The number of ether oxygens (including phenoxy) is 1. The Morgan fingerprint density at radius 2 is 2.05 bits per heavy atom. The van der Waals surface area contributed by atoms with Gasteiger partial charge in [0.05, 0.1) is 12.7 Å². The molecule has 1 saturated heterocycles. The maximum absolute atomic E-state index is 5.58. The van der Waals surface area contributed by atoms with Gasteiger partial charge < -0.3 is 15.0 Å². The van der Waals surface area contributed by atoms with Gasteiger partial charge in [-0.3, -0.25) is 0 Å². The lowest BCUT2D eigenvalue weighted by Gasteiger charge is -2.33. The first-order valence-corrected chi connectivity index (χ1v) is 7.31. The summed E-state index contributed by atoms with van der Waals surface area (Å²) in [7, 11) is 0. The zero-order valence-electron chi connectivity index (χ0n) is 12.4. The van der Waals surface area contributed by atoms with Crippen LogP contribution >= 0.6 is 0 Å². The monoisotopic (exact) mass is 262 g/mol. The van der Waals surface area contributed by atoms with Gasteiger partial charge in [-0.15, -0.1) is 0 Å². The Bertz CT molecular complexity index is 375. The van der Waals surface area contributed by atoms with E-state index in [1.807, 2.05) is 0 Å². The number of morpholine rings is 1. The number of rotatable bonds is 5. The molecule has 0 radical (unpaired) electrons. The lowest BCUT2D eigenvalue weighted by atomic mass is 10.1. The number of hydrogen-bond acceptors (Lipinski definition) is 3. The molecule has 1 aromatic rings. The van der Waals surface area contributed by atoms with Crippen LogP contribution in [0.25, 0.3) is 0 Å². The Morgan fingerprint density at radius 3 is 2.68 bits per heavy atom. The summed E-state index contributed by atoms with van der Waals surface area (Å²) < 4.78 is 5.58. The first-order chi connectivity index (χ1) is 9.15. The predicted octanol–water partition coefficient (Wildman–Crippen LogP) is 2.66. The number of benzene rings is 1. The molecule has 0 spiro atoms. The highest BCUT2D eigenvalue weighted by Gasteiger charge is 2.16. The molecule has 0 aliphatic carbocycles. The molecule has 1 aromatic carbocycles. The van der Waals surface area contributed by atoms with Crippen molar-refractivity contribution in [1.29, 1.82) is 0 Å². The van der Waals surface area contributed by atoms with Crippen LogP contribution in [0.1, 0.15) is 26.3 Å². The summed E-state index contributed by atoms with van der Waals surface area (Å²) in [5.41, 5.74) is 2.66. The average Bonchev–Trinajstić information content (AvgIpc) is 2.39. The molecule has 0 amide bonds. The van der Waals surface area contributed by atoms with Crippen LogP contribution in [0.2, 0.25) is 0 Å². The van der Waals surface area contributed by atoms with E-state index in [9.17, 15) is 0 Å². The van der Waals surface area contributed by atoms with Crippen molar-refractivity contribution in [2.24, 2.45) is 5.92 Å². The highest BCUT2D eigenvalue weighted by Crippen LogP contribution is 2.18. The van der Waals surface area contributed by atoms with Gasteiger partial charge in [0.2, 0.25) is 0 Å². The minimum absolute atomic E-state index is 0.334. The van der Waals surface area contributed by atoms with Crippen LogP contribution in [-0.4, -0.2) is 32.3 Å². The summed E-state index contributed by atoms with van der Waals surface area (Å²) in [6.07, 6.45) is 0.334. The Balaban J connectivity index is 1.87. The fourth-order valence-electron chi connectivity index (χ4n) is 2.38. The van der Waals surface area contributed by atoms with E-state index in [1.54, 1.807) is 0 Å². The van der Waals surface area contributed by atoms with Crippen LogP contribution in [0.4, 0.5) is 5.69 Å². The SMILES string of the molecule is CC(C)CNCc1ccc(N2CCOC(C)C2)cc1. The van der Waals surface area contributed by atoms with Gasteiger partial charge >= 0.3 is 0 Å². The Kier molecular flexibility index (Phi) is 5.23. The van der Waals surface area contributed by atoms with Crippen LogP contribution in [0.3, 0.4) is 0 Å². The van der Waals surface area contributed by atoms with Crippen molar-refractivity contribution >= 4 is 5.69 Å². The Hall–Kier alpha value is -1.06. The Morgan fingerprint density at radius 1 is 1.32 bits per heavy atom. The smallest absolute Gasteiger partial charge is 0.0722 e. The topological polar surface area (TPSA) is 24.5 Å². The van der Waals surface area contributed by atoms with Gasteiger partial charge in [0.1, 0.15) is 0 Å². The molecule has 1 aliphatic heterocycles. The molecule has 0 bridgehead atoms. The molecule has 0 saturated carbocycles. The second-order valence-electron chi connectivity index (χ2n) is 5.82.